The normalized spacial score (nSPS) is 24.1. The molecule has 148 valence electrons. The second kappa shape index (κ2) is 13.6. The van der Waals surface area contributed by atoms with E-state index in [1.807, 2.05) is 5.32 Å². The Bertz CT molecular complexity index is 528. The molecule has 1 aliphatic heterocycles. The molecule has 4 atom stereocenters. The van der Waals surface area contributed by atoms with Gasteiger partial charge in [0.15, 0.2) is 12.4 Å². The largest absolute Gasteiger partial charge is 1.00 e. The van der Waals surface area contributed by atoms with Gasteiger partial charge in [0.05, 0.1) is 0 Å². The molecule has 1 saturated heterocycles. The number of carbonyl (C=O) groups is 4. The summed E-state index contributed by atoms with van der Waals surface area (Å²) in [6, 6.07) is 0. The number of hydrogen-bond donors (Lipinski definition) is 1. The molecule has 10 nitrogen and oxygen atoms in total. The van der Waals surface area contributed by atoms with Gasteiger partial charge in [-0.3, -0.25) is 19.7 Å². The van der Waals surface area contributed by atoms with Gasteiger partial charge in [0, 0.05) is 33.8 Å². The van der Waals surface area contributed by atoms with Crippen molar-refractivity contribution in [3.8, 4) is 0 Å². The fourth-order valence-corrected chi connectivity index (χ4v) is 2.32. The molecule has 1 aliphatic rings. The third kappa shape index (κ3) is 10.5. The topological polar surface area (TPSA) is 126 Å². The molecule has 0 aromatic heterocycles. The summed E-state index contributed by atoms with van der Waals surface area (Å²) in [6.45, 7) is 7.26. The van der Waals surface area contributed by atoms with Crippen molar-refractivity contribution in [1.82, 2.24) is 5.32 Å². The Hall–Kier alpha value is -0.564. The van der Waals surface area contributed by atoms with Crippen LogP contribution in [0.5, 0.6) is 0 Å². The maximum atomic E-state index is 11.8. The molecule has 1 N–H and O–H groups in total. The van der Waals surface area contributed by atoms with Crippen LogP contribution in [0.25, 0.3) is 0 Å². The average molecular weight is 413 g/mol. The van der Waals surface area contributed by atoms with E-state index in [1.165, 1.54) is 13.8 Å². The van der Waals surface area contributed by atoms with E-state index in [0.717, 1.165) is 6.92 Å². The van der Waals surface area contributed by atoms with Crippen molar-refractivity contribution in [3.05, 3.63) is 6.92 Å². The fraction of sp³-hybridized carbons (Fsp3) is 0.688. The first-order valence-electron chi connectivity index (χ1n) is 8.08. The number of alkyl carbamates (subject to hydrolysis) is 1. The summed E-state index contributed by atoms with van der Waals surface area (Å²) in [6.07, 6.45) is -4.17. The van der Waals surface area contributed by atoms with Gasteiger partial charge in [-0.2, -0.15) is 6.42 Å². The summed E-state index contributed by atoms with van der Waals surface area (Å²) < 4.78 is 26.5. The molecule has 0 spiro atoms. The van der Waals surface area contributed by atoms with Gasteiger partial charge in [-0.25, -0.2) is 4.79 Å². The molecule has 1 fully saturated rings. The molecule has 0 saturated carbocycles. The average Bonchev–Trinajstić information content (AvgIpc) is 2.52. The molecular formula is C16H24KNO9. The zero-order valence-corrected chi connectivity index (χ0v) is 19.1. The van der Waals surface area contributed by atoms with Crippen LogP contribution in [0.1, 0.15) is 33.6 Å². The second-order valence-electron chi connectivity index (χ2n) is 5.57. The number of carbonyl (C=O) groups excluding carboxylic acids is 4. The van der Waals surface area contributed by atoms with Gasteiger partial charge in [0.2, 0.25) is 5.91 Å². The first-order valence-corrected chi connectivity index (χ1v) is 8.08. The number of imide groups is 1. The minimum absolute atomic E-state index is 0. The minimum atomic E-state index is -1.04. The maximum Gasteiger partial charge on any atom is 1.00 e. The third-order valence-corrected chi connectivity index (χ3v) is 3.22. The molecule has 0 bridgehead atoms. The SMILES string of the molecule is [CH2-]CCOC1CC(OC(=O)NC(C)=O)C(OC(C)=O)C(COC(C)=O)O1.[K+]. The molecule has 0 radical (unpaired) electrons. The van der Waals surface area contributed by atoms with E-state index >= 15 is 0 Å². The van der Waals surface area contributed by atoms with Gasteiger partial charge in [0.1, 0.15) is 18.8 Å². The molecule has 0 aromatic carbocycles. The van der Waals surface area contributed by atoms with Crippen LogP contribution in [-0.2, 0) is 38.1 Å². The van der Waals surface area contributed by atoms with Gasteiger partial charge in [-0.1, -0.05) is 0 Å². The van der Waals surface area contributed by atoms with Crippen LogP contribution in [0.3, 0.4) is 0 Å². The summed E-state index contributed by atoms with van der Waals surface area (Å²) in [4.78, 5) is 45.3. The van der Waals surface area contributed by atoms with Gasteiger partial charge in [-0.15, -0.1) is 0 Å². The monoisotopic (exact) mass is 413 g/mol. The van der Waals surface area contributed by atoms with Crippen molar-refractivity contribution < 1.29 is 94.2 Å². The molecule has 27 heavy (non-hydrogen) atoms. The van der Waals surface area contributed by atoms with Crippen LogP contribution >= 0.6 is 0 Å². The quantitative estimate of drug-likeness (QED) is 0.208. The van der Waals surface area contributed by atoms with Crippen LogP contribution < -0.4 is 56.7 Å². The minimum Gasteiger partial charge on any atom is -0.463 e. The Kier molecular flexibility index (Phi) is 13.3. The summed E-state index contributed by atoms with van der Waals surface area (Å²) in [5.41, 5.74) is 0. The maximum absolute atomic E-state index is 11.8. The Labute approximate surface area is 200 Å². The predicted molar refractivity (Wildman–Crippen MR) is 85.5 cm³/mol. The van der Waals surface area contributed by atoms with E-state index in [1.54, 1.807) is 0 Å². The molecule has 1 heterocycles. The number of hydrogen-bond acceptors (Lipinski definition) is 9. The number of ether oxygens (including phenoxy) is 5. The van der Waals surface area contributed by atoms with Gasteiger partial charge < -0.3 is 30.6 Å². The smallest absolute Gasteiger partial charge is 0.463 e. The second-order valence-corrected chi connectivity index (χ2v) is 5.57. The standard InChI is InChI=1S/C16H24NO9.K/c1-5-6-22-14-7-12(26-16(21)17-9(2)18)15(24-11(4)20)13(25-14)8-23-10(3)19;/h12-15H,1,5-8H2,2-4H3,(H,17,18,21);/q-1;+1. The predicted octanol–water partition coefficient (Wildman–Crippen LogP) is -2.52. The molecule has 0 aliphatic carbocycles. The van der Waals surface area contributed by atoms with Crippen molar-refractivity contribution in [1.29, 1.82) is 0 Å². The first kappa shape index (κ1) is 26.4. The van der Waals surface area contributed by atoms with Crippen LogP contribution in [0, 0.1) is 6.92 Å². The van der Waals surface area contributed by atoms with Crippen LogP contribution in [-0.4, -0.2) is 61.8 Å². The summed E-state index contributed by atoms with van der Waals surface area (Å²) in [7, 11) is 0. The van der Waals surface area contributed by atoms with Gasteiger partial charge in [0.25, 0.3) is 0 Å². The van der Waals surface area contributed by atoms with Gasteiger partial charge in [-0.05, 0) is 0 Å². The summed E-state index contributed by atoms with van der Waals surface area (Å²) >= 11 is 0. The van der Waals surface area contributed by atoms with Crippen molar-refractivity contribution in [2.45, 2.75) is 58.2 Å². The third-order valence-electron chi connectivity index (χ3n) is 3.22. The Morgan fingerprint density at radius 3 is 2.30 bits per heavy atom. The molecular weight excluding hydrogens is 389 g/mol. The van der Waals surface area contributed by atoms with Crippen molar-refractivity contribution in [2.75, 3.05) is 13.2 Å². The van der Waals surface area contributed by atoms with E-state index in [0.29, 0.717) is 6.42 Å². The van der Waals surface area contributed by atoms with Gasteiger partial charge >= 0.3 is 69.4 Å². The Morgan fingerprint density at radius 1 is 1.11 bits per heavy atom. The number of amides is 2. The van der Waals surface area contributed by atoms with E-state index in [2.05, 4.69) is 6.92 Å². The zero-order chi connectivity index (χ0) is 19.7. The van der Waals surface area contributed by atoms with E-state index in [-0.39, 0.29) is 71.0 Å². The van der Waals surface area contributed by atoms with E-state index in [4.69, 9.17) is 23.7 Å². The zero-order valence-electron chi connectivity index (χ0n) is 16.0. The van der Waals surface area contributed by atoms with Crippen LogP contribution in [0.15, 0.2) is 0 Å². The van der Waals surface area contributed by atoms with Crippen molar-refractivity contribution in [2.24, 2.45) is 0 Å². The van der Waals surface area contributed by atoms with E-state index in [9.17, 15) is 19.2 Å². The van der Waals surface area contributed by atoms with Crippen molar-refractivity contribution in [3.63, 3.8) is 0 Å². The molecule has 4 unspecified atom stereocenters. The molecule has 0 aromatic rings. The molecule has 11 heteroatoms. The van der Waals surface area contributed by atoms with Crippen molar-refractivity contribution >= 4 is 23.9 Å². The first-order chi connectivity index (χ1) is 12.2. The summed E-state index contributed by atoms with van der Waals surface area (Å²) in [5.74, 6) is -1.79. The fourth-order valence-electron chi connectivity index (χ4n) is 2.32. The molecule has 2 amide bonds. The number of nitrogens with one attached hydrogen (secondary N) is 1. The number of rotatable bonds is 7. The Balaban J connectivity index is 0.00000676. The molecule has 1 rings (SSSR count). The van der Waals surface area contributed by atoms with Crippen LogP contribution in [0.4, 0.5) is 4.79 Å². The summed E-state index contributed by atoms with van der Waals surface area (Å²) in [5, 5.41) is 1.97. The van der Waals surface area contributed by atoms with Crippen LogP contribution in [0.2, 0.25) is 0 Å². The van der Waals surface area contributed by atoms with E-state index < -0.39 is 48.5 Å². The number of esters is 2. The Morgan fingerprint density at radius 2 is 1.78 bits per heavy atom.